The molecule has 100 valence electrons. The summed E-state index contributed by atoms with van der Waals surface area (Å²) < 4.78 is 11.2. The highest BCUT2D eigenvalue weighted by Crippen LogP contribution is 2.40. The van der Waals surface area contributed by atoms with E-state index in [0.717, 1.165) is 21.4 Å². The molecule has 1 fully saturated rings. The first-order chi connectivity index (χ1) is 9.78. The zero-order valence-corrected chi connectivity index (χ0v) is 12.9. The molecule has 1 aliphatic carbocycles. The third-order valence-corrected chi connectivity index (χ3v) is 4.45. The fraction of sp³-hybridized carbons (Fsp3) is 0.200. The molecule has 3 nitrogen and oxygen atoms in total. The van der Waals surface area contributed by atoms with Gasteiger partial charge in [0.2, 0.25) is 0 Å². The van der Waals surface area contributed by atoms with Gasteiger partial charge >= 0.3 is 0 Å². The Morgan fingerprint density at radius 2 is 1.90 bits per heavy atom. The Morgan fingerprint density at radius 1 is 1.10 bits per heavy atom. The van der Waals surface area contributed by atoms with Crippen LogP contribution in [0.4, 0.5) is 0 Å². The van der Waals surface area contributed by atoms with Gasteiger partial charge in [-0.1, -0.05) is 28.1 Å². The van der Waals surface area contributed by atoms with Crippen molar-refractivity contribution < 1.29 is 4.74 Å². The van der Waals surface area contributed by atoms with Crippen LogP contribution in [0.1, 0.15) is 24.6 Å². The molecule has 5 heteroatoms. The van der Waals surface area contributed by atoms with Gasteiger partial charge in [-0.2, -0.15) is 9.36 Å². The van der Waals surface area contributed by atoms with Crippen LogP contribution in [0.25, 0.3) is 10.8 Å². The summed E-state index contributed by atoms with van der Waals surface area (Å²) in [5.74, 6) is 2.31. The van der Waals surface area contributed by atoms with Crippen LogP contribution in [0.3, 0.4) is 0 Å². The van der Waals surface area contributed by atoms with Gasteiger partial charge in [0, 0.05) is 21.9 Å². The number of ether oxygens (including phenoxy) is 1. The van der Waals surface area contributed by atoms with Gasteiger partial charge in [-0.15, -0.1) is 0 Å². The van der Waals surface area contributed by atoms with E-state index < -0.39 is 0 Å². The van der Waals surface area contributed by atoms with Gasteiger partial charge in [0.25, 0.3) is 5.19 Å². The third kappa shape index (κ3) is 2.43. The third-order valence-electron chi connectivity index (χ3n) is 3.34. The molecule has 0 aliphatic heterocycles. The number of fused-ring (bicyclic) bond motifs is 1. The molecule has 0 N–H and O–H groups in total. The van der Waals surface area contributed by atoms with E-state index in [1.807, 2.05) is 18.2 Å². The minimum absolute atomic E-state index is 0.567. The minimum atomic E-state index is 0.567. The normalized spacial score (nSPS) is 14.7. The van der Waals surface area contributed by atoms with Crippen LogP contribution in [-0.2, 0) is 0 Å². The van der Waals surface area contributed by atoms with Crippen molar-refractivity contribution in [2.24, 2.45) is 0 Å². The van der Waals surface area contributed by atoms with Crippen molar-refractivity contribution in [2.45, 2.75) is 18.8 Å². The highest BCUT2D eigenvalue weighted by atomic mass is 79.9. The van der Waals surface area contributed by atoms with Crippen LogP contribution < -0.4 is 4.74 Å². The fourth-order valence-electron chi connectivity index (χ4n) is 2.13. The Labute approximate surface area is 128 Å². The van der Waals surface area contributed by atoms with E-state index in [4.69, 9.17) is 4.74 Å². The number of nitrogens with zero attached hydrogens (tertiary/aromatic N) is 2. The molecule has 0 saturated heterocycles. The van der Waals surface area contributed by atoms with E-state index in [1.54, 1.807) is 0 Å². The predicted octanol–water partition coefficient (Wildman–Crippen LogP) is 5.12. The summed E-state index contributed by atoms with van der Waals surface area (Å²) in [6, 6.07) is 12.2. The maximum atomic E-state index is 5.81. The van der Waals surface area contributed by atoms with Crippen molar-refractivity contribution in [1.29, 1.82) is 0 Å². The largest absolute Gasteiger partial charge is 0.430 e. The first-order valence-electron chi connectivity index (χ1n) is 6.49. The summed E-state index contributed by atoms with van der Waals surface area (Å²) in [7, 11) is 0. The summed E-state index contributed by atoms with van der Waals surface area (Å²) in [5.41, 5.74) is 0. The van der Waals surface area contributed by atoms with Gasteiger partial charge in [0.1, 0.15) is 11.6 Å². The predicted molar refractivity (Wildman–Crippen MR) is 83.6 cm³/mol. The molecule has 0 bridgehead atoms. The molecule has 3 aromatic rings. The Morgan fingerprint density at radius 3 is 2.75 bits per heavy atom. The Balaban J connectivity index is 1.62. The van der Waals surface area contributed by atoms with E-state index in [-0.39, 0.29) is 0 Å². The second kappa shape index (κ2) is 4.82. The van der Waals surface area contributed by atoms with E-state index in [1.165, 1.54) is 29.8 Å². The van der Waals surface area contributed by atoms with Crippen molar-refractivity contribution >= 4 is 38.2 Å². The highest BCUT2D eigenvalue weighted by molar-refractivity contribution is 9.10. The lowest BCUT2D eigenvalue weighted by Crippen LogP contribution is -1.85. The smallest absolute Gasteiger partial charge is 0.298 e. The maximum absolute atomic E-state index is 5.81. The van der Waals surface area contributed by atoms with Crippen LogP contribution in [0.5, 0.6) is 10.9 Å². The lowest BCUT2D eigenvalue weighted by molar-refractivity contribution is 0.478. The van der Waals surface area contributed by atoms with Gasteiger partial charge in [-0.05, 0) is 47.9 Å². The lowest BCUT2D eigenvalue weighted by atomic mass is 10.1. The molecule has 20 heavy (non-hydrogen) atoms. The molecule has 1 saturated carbocycles. The second-order valence-corrected chi connectivity index (χ2v) is 6.58. The molecular formula is C15H11BrN2OS. The van der Waals surface area contributed by atoms with E-state index in [0.29, 0.717) is 11.1 Å². The van der Waals surface area contributed by atoms with E-state index in [2.05, 4.69) is 43.5 Å². The van der Waals surface area contributed by atoms with Gasteiger partial charge in [0.15, 0.2) is 0 Å². The van der Waals surface area contributed by atoms with Gasteiger partial charge < -0.3 is 4.74 Å². The SMILES string of the molecule is Brc1ccc2cc(Oc3nc(C4CC4)ns3)ccc2c1. The van der Waals surface area contributed by atoms with Crippen molar-refractivity contribution in [1.82, 2.24) is 9.36 Å². The molecule has 2 aromatic carbocycles. The summed E-state index contributed by atoms with van der Waals surface area (Å²) in [4.78, 5) is 4.44. The number of aromatic nitrogens is 2. The van der Waals surface area contributed by atoms with Crippen molar-refractivity contribution in [3.8, 4) is 10.9 Å². The average molecular weight is 347 g/mol. The second-order valence-electron chi connectivity index (χ2n) is 4.95. The van der Waals surface area contributed by atoms with Crippen molar-refractivity contribution in [3.63, 3.8) is 0 Å². The topological polar surface area (TPSA) is 35.0 Å². The number of hydrogen-bond donors (Lipinski definition) is 0. The molecule has 1 aromatic heterocycles. The molecule has 1 aliphatic rings. The maximum Gasteiger partial charge on any atom is 0.298 e. The molecule has 0 radical (unpaired) electrons. The standard InChI is InChI=1S/C15H11BrN2OS/c16-12-5-3-11-8-13(6-4-10(11)7-12)19-15-17-14(18-20-15)9-1-2-9/h3-9H,1-2H2. The molecule has 1 heterocycles. The van der Waals surface area contributed by atoms with Gasteiger partial charge in [-0.25, -0.2) is 0 Å². The van der Waals surface area contributed by atoms with Crippen molar-refractivity contribution in [3.05, 3.63) is 46.7 Å². The van der Waals surface area contributed by atoms with E-state index in [9.17, 15) is 0 Å². The number of halogens is 1. The average Bonchev–Trinajstić information content (AvgIpc) is 3.20. The zero-order valence-electron chi connectivity index (χ0n) is 10.5. The minimum Gasteiger partial charge on any atom is -0.430 e. The molecule has 0 amide bonds. The summed E-state index contributed by atoms with van der Waals surface area (Å²) in [5, 5.41) is 2.96. The van der Waals surface area contributed by atoms with Gasteiger partial charge in [0.05, 0.1) is 0 Å². The van der Waals surface area contributed by atoms with Crippen molar-refractivity contribution in [2.75, 3.05) is 0 Å². The number of hydrogen-bond acceptors (Lipinski definition) is 4. The molecule has 4 rings (SSSR count). The zero-order chi connectivity index (χ0) is 13.5. The Hall–Kier alpha value is -1.46. The van der Waals surface area contributed by atoms with Crippen LogP contribution in [0, 0.1) is 0 Å². The number of rotatable bonds is 3. The fourth-order valence-corrected chi connectivity index (χ4v) is 3.14. The van der Waals surface area contributed by atoms with Crippen LogP contribution in [-0.4, -0.2) is 9.36 Å². The first-order valence-corrected chi connectivity index (χ1v) is 8.05. The summed E-state index contributed by atoms with van der Waals surface area (Å²) >= 11 is 4.81. The quantitative estimate of drug-likeness (QED) is 0.659. The summed E-state index contributed by atoms with van der Waals surface area (Å²) in [6.45, 7) is 0. The molecular weight excluding hydrogens is 336 g/mol. The summed E-state index contributed by atoms with van der Waals surface area (Å²) in [6.07, 6.45) is 2.42. The van der Waals surface area contributed by atoms with Crippen LogP contribution in [0.2, 0.25) is 0 Å². The Kier molecular flexibility index (Phi) is 2.97. The van der Waals surface area contributed by atoms with Crippen LogP contribution >= 0.6 is 27.5 Å². The van der Waals surface area contributed by atoms with Crippen LogP contribution in [0.15, 0.2) is 40.9 Å². The molecule has 0 unspecified atom stereocenters. The van der Waals surface area contributed by atoms with E-state index >= 15 is 0 Å². The number of benzene rings is 2. The molecule has 0 atom stereocenters. The first kappa shape index (κ1) is 12.3. The highest BCUT2D eigenvalue weighted by Gasteiger charge is 2.28. The molecule has 0 spiro atoms. The monoisotopic (exact) mass is 346 g/mol. The van der Waals surface area contributed by atoms with Gasteiger partial charge in [-0.3, -0.25) is 0 Å². The lowest BCUT2D eigenvalue weighted by Gasteiger charge is -2.03. The Bertz CT molecular complexity index is 782.